The molecule has 1 amide bonds. The number of nitrogens with zero attached hydrogens (tertiary/aromatic N) is 1. The van der Waals surface area contributed by atoms with Gasteiger partial charge in [-0.05, 0) is 60.7 Å². The van der Waals surface area contributed by atoms with E-state index < -0.39 is 11.9 Å². The van der Waals surface area contributed by atoms with Gasteiger partial charge in [0.15, 0.2) is 6.61 Å². The number of nitriles is 1. The largest absolute Gasteiger partial charge is 0.455 e. The van der Waals surface area contributed by atoms with E-state index in [1.165, 1.54) is 29.3 Å². The number of aryl methyl sites for hydroxylation is 2. The first-order valence-corrected chi connectivity index (χ1v) is 9.33. The van der Waals surface area contributed by atoms with E-state index in [9.17, 15) is 9.59 Å². The molecule has 0 unspecified atom stereocenters. The van der Waals surface area contributed by atoms with Gasteiger partial charge in [-0.15, -0.1) is 11.8 Å². The van der Waals surface area contributed by atoms with Gasteiger partial charge in [0.1, 0.15) is 0 Å². The average Bonchev–Trinajstić information content (AvgIpc) is 3.12. The number of hydrogen-bond donors (Lipinski definition) is 1. The van der Waals surface area contributed by atoms with Gasteiger partial charge in [-0.1, -0.05) is 12.1 Å². The number of benzene rings is 2. The lowest BCUT2D eigenvalue weighted by Crippen LogP contribution is -2.21. The van der Waals surface area contributed by atoms with Crippen molar-refractivity contribution < 1.29 is 14.3 Å². The third kappa shape index (κ3) is 4.87. The van der Waals surface area contributed by atoms with Crippen LogP contribution in [-0.2, 0) is 27.2 Å². The van der Waals surface area contributed by atoms with E-state index in [-0.39, 0.29) is 12.4 Å². The molecule has 0 aliphatic heterocycles. The highest BCUT2D eigenvalue weighted by Crippen LogP contribution is 2.27. The van der Waals surface area contributed by atoms with Crippen LogP contribution in [0.5, 0.6) is 0 Å². The van der Waals surface area contributed by atoms with Crippen molar-refractivity contribution in [3.63, 3.8) is 0 Å². The van der Waals surface area contributed by atoms with Crippen molar-refractivity contribution >= 4 is 29.3 Å². The third-order valence-electron chi connectivity index (χ3n) is 4.07. The van der Waals surface area contributed by atoms with Crippen molar-refractivity contribution in [2.24, 2.45) is 0 Å². The fourth-order valence-corrected chi connectivity index (χ4v) is 3.59. The topological polar surface area (TPSA) is 79.2 Å². The van der Waals surface area contributed by atoms with Gasteiger partial charge >= 0.3 is 5.97 Å². The van der Waals surface area contributed by atoms with Gasteiger partial charge in [-0.3, -0.25) is 9.59 Å². The van der Waals surface area contributed by atoms with Crippen LogP contribution in [0.15, 0.2) is 47.4 Å². The maximum absolute atomic E-state index is 11.8. The van der Waals surface area contributed by atoms with Crippen molar-refractivity contribution in [2.45, 2.75) is 24.2 Å². The lowest BCUT2D eigenvalue weighted by Gasteiger charge is -2.07. The summed E-state index contributed by atoms with van der Waals surface area (Å²) in [6, 6.07) is 14.8. The van der Waals surface area contributed by atoms with Gasteiger partial charge in [0.2, 0.25) is 0 Å². The van der Waals surface area contributed by atoms with Crippen LogP contribution in [0.4, 0.5) is 5.69 Å². The van der Waals surface area contributed by atoms with Gasteiger partial charge in [-0.25, -0.2) is 0 Å². The summed E-state index contributed by atoms with van der Waals surface area (Å²) in [4.78, 5) is 24.7. The monoisotopic (exact) mass is 366 g/mol. The molecule has 2 aromatic carbocycles. The number of thioether (sulfide) groups is 1. The van der Waals surface area contributed by atoms with Crippen molar-refractivity contribution in [1.82, 2.24) is 0 Å². The van der Waals surface area contributed by atoms with Crippen LogP contribution < -0.4 is 5.32 Å². The second-order valence-corrected chi connectivity index (χ2v) is 7.02. The Balaban J connectivity index is 1.42. The molecule has 5 nitrogen and oxygen atoms in total. The van der Waals surface area contributed by atoms with E-state index in [1.807, 2.05) is 12.1 Å². The summed E-state index contributed by atoms with van der Waals surface area (Å²) in [7, 11) is 0. The number of fused-ring (bicyclic) bond motifs is 1. The summed E-state index contributed by atoms with van der Waals surface area (Å²) in [6.45, 7) is -0.347. The number of esters is 1. The van der Waals surface area contributed by atoms with Gasteiger partial charge < -0.3 is 10.1 Å². The number of nitrogens with one attached hydrogen (secondary N) is 1. The molecule has 3 rings (SSSR count). The minimum absolute atomic E-state index is 0.163. The average molecular weight is 366 g/mol. The lowest BCUT2D eigenvalue weighted by molar-refractivity contribution is -0.144. The molecule has 132 valence electrons. The standard InChI is InChI=1S/C20H18N2O3S/c21-11-14-3-1-6-17(9-14)22-19(23)12-25-20(24)13-26-18-8-7-15-4-2-5-16(15)10-18/h1,3,6-10H,2,4-5,12-13H2,(H,22,23). The summed E-state index contributed by atoms with van der Waals surface area (Å²) in [5.41, 5.74) is 3.71. The predicted molar refractivity (Wildman–Crippen MR) is 99.9 cm³/mol. The van der Waals surface area contributed by atoms with Crippen molar-refractivity contribution in [3.8, 4) is 6.07 Å². The third-order valence-corrected chi connectivity index (χ3v) is 5.03. The van der Waals surface area contributed by atoms with Crippen LogP contribution in [0, 0.1) is 11.3 Å². The van der Waals surface area contributed by atoms with E-state index in [1.54, 1.807) is 24.3 Å². The summed E-state index contributed by atoms with van der Waals surface area (Å²) in [5.74, 6) is -0.705. The zero-order valence-electron chi connectivity index (χ0n) is 14.2. The van der Waals surface area contributed by atoms with Crippen LogP contribution in [0.3, 0.4) is 0 Å². The van der Waals surface area contributed by atoms with E-state index >= 15 is 0 Å². The Kier molecular flexibility index (Phi) is 5.92. The summed E-state index contributed by atoms with van der Waals surface area (Å²) in [6.07, 6.45) is 3.42. The molecule has 1 aliphatic carbocycles. The van der Waals surface area contributed by atoms with Gasteiger partial charge in [-0.2, -0.15) is 5.26 Å². The first-order chi connectivity index (χ1) is 12.6. The quantitative estimate of drug-likeness (QED) is 0.627. The zero-order chi connectivity index (χ0) is 18.4. The molecule has 2 aromatic rings. The zero-order valence-corrected chi connectivity index (χ0v) is 15.0. The smallest absolute Gasteiger partial charge is 0.316 e. The maximum Gasteiger partial charge on any atom is 0.316 e. The Morgan fingerprint density at radius 1 is 1.15 bits per heavy atom. The molecule has 26 heavy (non-hydrogen) atoms. The second kappa shape index (κ2) is 8.54. The fraction of sp³-hybridized carbons (Fsp3) is 0.250. The maximum atomic E-state index is 11.8. The molecule has 0 spiro atoms. The van der Waals surface area contributed by atoms with Crippen molar-refractivity contribution in [2.75, 3.05) is 17.7 Å². The molecule has 1 N–H and O–H groups in total. The first kappa shape index (κ1) is 18.0. The van der Waals surface area contributed by atoms with Crippen LogP contribution >= 0.6 is 11.8 Å². The highest BCUT2D eigenvalue weighted by atomic mass is 32.2. The Hall–Kier alpha value is -2.78. The number of amides is 1. The molecular formula is C20H18N2O3S. The molecule has 0 bridgehead atoms. The molecule has 0 heterocycles. The van der Waals surface area contributed by atoms with Gasteiger partial charge in [0.05, 0.1) is 17.4 Å². The Bertz CT molecular complexity index is 874. The number of anilines is 1. The molecular weight excluding hydrogens is 348 g/mol. The van der Waals surface area contributed by atoms with Crippen molar-refractivity contribution in [3.05, 3.63) is 59.2 Å². The summed E-state index contributed by atoms with van der Waals surface area (Å²) in [5, 5.41) is 11.4. The van der Waals surface area contributed by atoms with Crippen LogP contribution in [0.1, 0.15) is 23.1 Å². The number of ether oxygens (including phenoxy) is 1. The molecule has 0 fully saturated rings. The van der Waals surface area contributed by atoms with E-state index in [0.717, 1.165) is 17.7 Å². The minimum atomic E-state index is -0.434. The number of hydrogen-bond acceptors (Lipinski definition) is 5. The lowest BCUT2D eigenvalue weighted by atomic mass is 10.1. The molecule has 0 aromatic heterocycles. The number of carbonyl (C=O) groups is 2. The van der Waals surface area contributed by atoms with Gasteiger partial charge in [0.25, 0.3) is 5.91 Å². The van der Waals surface area contributed by atoms with Crippen LogP contribution in [0.25, 0.3) is 0 Å². The highest BCUT2D eigenvalue weighted by Gasteiger charge is 2.13. The molecule has 0 saturated heterocycles. The predicted octanol–water partition coefficient (Wildman–Crippen LogP) is 3.32. The van der Waals surface area contributed by atoms with E-state index in [4.69, 9.17) is 10.00 Å². The molecule has 6 heteroatoms. The normalized spacial score (nSPS) is 12.1. The van der Waals surface area contributed by atoms with E-state index in [0.29, 0.717) is 11.3 Å². The van der Waals surface area contributed by atoms with Crippen molar-refractivity contribution in [1.29, 1.82) is 5.26 Å². The van der Waals surface area contributed by atoms with E-state index in [2.05, 4.69) is 17.4 Å². The second-order valence-electron chi connectivity index (χ2n) is 5.97. The Morgan fingerprint density at radius 2 is 2.00 bits per heavy atom. The number of rotatable bonds is 6. The Morgan fingerprint density at radius 3 is 2.85 bits per heavy atom. The molecule has 0 atom stereocenters. The minimum Gasteiger partial charge on any atom is -0.455 e. The molecule has 0 saturated carbocycles. The molecule has 0 radical (unpaired) electrons. The number of carbonyl (C=O) groups excluding carboxylic acids is 2. The van der Waals surface area contributed by atoms with Crippen LogP contribution in [-0.4, -0.2) is 24.2 Å². The first-order valence-electron chi connectivity index (χ1n) is 8.34. The fourth-order valence-electron chi connectivity index (χ4n) is 2.83. The SMILES string of the molecule is N#Cc1cccc(NC(=O)COC(=O)CSc2ccc3c(c2)CCC3)c1. The molecule has 1 aliphatic rings. The highest BCUT2D eigenvalue weighted by molar-refractivity contribution is 8.00. The Labute approximate surface area is 156 Å². The summed E-state index contributed by atoms with van der Waals surface area (Å²) >= 11 is 1.41. The van der Waals surface area contributed by atoms with Crippen LogP contribution in [0.2, 0.25) is 0 Å². The van der Waals surface area contributed by atoms with Gasteiger partial charge in [0, 0.05) is 10.6 Å². The summed E-state index contributed by atoms with van der Waals surface area (Å²) < 4.78 is 5.01.